The van der Waals surface area contributed by atoms with Gasteiger partial charge >= 0.3 is 0 Å². The lowest BCUT2D eigenvalue weighted by Gasteiger charge is -2.27. The summed E-state index contributed by atoms with van der Waals surface area (Å²) < 4.78 is 32.4. The second kappa shape index (κ2) is 20.1. The lowest BCUT2D eigenvalue weighted by molar-refractivity contribution is 0.327. The van der Waals surface area contributed by atoms with E-state index in [1.807, 2.05) is 72.8 Å². The first-order chi connectivity index (χ1) is 26.4. The molecule has 0 fully saturated rings. The van der Waals surface area contributed by atoms with Crippen LogP contribution in [0.3, 0.4) is 0 Å². The minimum Gasteiger partial charge on any atom is -0.493 e. The molecule has 54 heavy (non-hydrogen) atoms. The van der Waals surface area contributed by atoms with Crippen molar-refractivity contribution in [3.8, 4) is 100 Å². The van der Waals surface area contributed by atoms with Gasteiger partial charge in [0.15, 0.2) is 0 Å². The zero-order chi connectivity index (χ0) is 38.3. The Bertz CT molecular complexity index is 2250. The maximum Gasteiger partial charge on any atom is 0.148 e. The van der Waals surface area contributed by atoms with Gasteiger partial charge in [-0.3, -0.25) is 0 Å². The molecule has 1 atom stereocenters. The molecule has 0 aliphatic rings. The van der Waals surface area contributed by atoms with E-state index < -0.39 is 5.92 Å². The molecule has 7 heteroatoms. The average molecular weight is 935 g/mol. The van der Waals surface area contributed by atoms with Crippen LogP contribution < -0.4 is 23.7 Å². The summed E-state index contributed by atoms with van der Waals surface area (Å²) in [6.07, 6.45) is 24.8. The topological polar surface area (TPSA) is 46.2 Å². The molecule has 0 saturated heterocycles. The van der Waals surface area contributed by atoms with Crippen LogP contribution >= 0.6 is 45.2 Å². The Hall–Kier alpha value is -5.46. The van der Waals surface area contributed by atoms with Crippen molar-refractivity contribution < 1.29 is 23.7 Å². The van der Waals surface area contributed by atoms with Crippen LogP contribution in [-0.4, -0.2) is 33.0 Å². The van der Waals surface area contributed by atoms with Crippen molar-refractivity contribution >= 4 is 45.2 Å². The molecule has 0 aliphatic carbocycles. The first-order valence-corrected chi connectivity index (χ1v) is 19.0. The van der Waals surface area contributed by atoms with Gasteiger partial charge in [0.05, 0.1) is 10.2 Å². The van der Waals surface area contributed by atoms with Crippen LogP contribution in [0.25, 0.3) is 22.3 Å². The molecular formula is C47H36I2O5. The van der Waals surface area contributed by atoms with Crippen LogP contribution in [0.5, 0.6) is 28.7 Å². The summed E-state index contributed by atoms with van der Waals surface area (Å²) in [5, 5.41) is 0. The quantitative estimate of drug-likeness (QED) is 0.0306. The average Bonchev–Trinajstić information content (AvgIpc) is 3.19. The van der Waals surface area contributed by atoms with Crippen molar-refractivity contribution in [2.75, 3.05) is 33.0 Å². The van der Waals surface area contributed by atoms with Gasteiger partial charge in [0.2, 0.25) is 0 Å². The second-order valence-corrected chi connectivity index (χ2v) is 14.1. The van der Waals surface area contributed by atoms with E-state index in [2.05, 4.69) is 99.7 Å². The molecule has 5 rings (SSSR count). The van der Waals surface area contributed by atoms with Crippen LogP contribution in [0.1, 0.15) is 29.0 Å². The maximum absolute atomic E-state index is 6.33. The van der Waals surface area contributed by atoms with Crippen LogP contribution in [-0.2, 0) is 0 Å². The number of hydrogen-bond acceptors (Lipinski definition) is 5. The number of terminal acetylenes is 4. The van der Waals surface area contributed by atoms with E-state index >= 15 is 0 Å². The third-order valence-corrected chi connectivity index (χ3v) is 9.59. The van der Waals surface area contributed by atoms with Crippen molar-refractivity contribution in [1.82, 2.24) is 0 Å². The monoisotopic (exact) mass is 934 g/mol. The standard InChI is InChI=1S/C47H36I2O5/c1-6-11-28-51-39-20-14-34(15-21-39)36-17-23-45(53-26-9-4)41(30-36)46(42-31-37(48)32-43(49)47(42)54-27-10-5)40-29-35(16-22-44(40)52-25-8-3)33-12-18-38(19-13-33)50-24-7-2/h1,3-5,7,12-23,29-32,46H,2,11,24-28H2. The van der Waals surface area contributed by atoms with E-state index in [1.165, 1.54) is 0 Å². The van der Waals surface area contributed by atoms with E-state index in [4.69, 9.17) is 49.4 Å². The molecule has 5 aromatic rings. The fourth-order valence-electron chi connectivity index (χ4n) is 5.84. The van der Waals surface area contributed by atoms with Crippen molar-refractivity contribution in [1.29, 1.82) is 0 Å². The lowest BCUT2D eigenvalue weighted by Crippen LogP contribution is -2.13. The Kier molecular flexibility index (Phi) is 14.8. The van der Waals surface area contributed by atoms with Gasteiger partial charge in [-0.15, -0.1) is 31.6 Å². The number of rotatable bonds is 17. The summed E-state index contributed by atoms with van der Waals surface area (Å²) in [6, 6.07) is 32.1. The van der Waals surface area contributed by atoms with Gasteiger partial charge in [-0.05, 0) is 128 Å². The fraction of sp³-hybridized carbons (Fsp3) is 0.149. The van der Waals surface area contributed by atoms with Gasteiger partial charge in [-0.25, -0.2) is 0 Å². The summed E-state index contributed by atoms with van der Waals surface area (Å²) in [5.41, 5.74) is 6.37. The lowest BCUT2D eigenvalue weighted by atomic mass is 9.81. The summed E-state index contributed by atoms with van der Waals surface area (Å²) in [6.45, 7) is 4.81. The number of hydrogen-bond donors (Lipinski definition) is 0. The SMILES string of the molecule is C#CCCOc1ccc(-c2ccc(OCC#C)c(C(c3cc(-c4ccc(OCC=C)cc4)ccc3OCC#C)c3cc(I)cc(I)c3OCC#C)c2)cc1. The molecule has 5 aromatic carbocycles. The van der Waals surface area contributed by atoms with Crippen molar-refractivity contribution in [3.05, 3.63) is 134 Å². The molecule has 0 N–H and O–H groups in total. The highest BCUT2D eigenvalue weighted by Gasteiger charge is 2.30. The van der Waals surface area contributed by atoms with Gasteiger partial charge < -0.3 is 23.7 Å². The van der Waals surface area contributed by atoms with Crippen molar-refractivity contribution in [3.63, 3.8) is 0 Å². The van der Waals surface area contributed by atoms with Gasteiger partial charge in [0.1, 0.15) is 55.2 Å². The maximum atomic E-state index is 6.33. The largest absolute Gasteiger partial charge is 0.493 e. The summed E-state index contributed by atoms with van der Waals surface area (Å²) in [7, 11) is 0. The van der Waals surface area contributed by atoms with Gasteiger partial charge in [-0.1, -0.05) is 66.8 Å². The zero-order valence-corrected chi connectivity index (χ0v) is 33.8. The first-order valence-electron chi connectivity index (χ1n) is 16.9. The summed E-state index contributed by atoms with van der Waals surface area (Å²) in [5.74, 6) is 13.3. The molecule has 5 nitrogen and oxygen atoms in total. The Balaban J connectivity index is 1.78. The third-order valence-electron chi connectivity index (χ3n) is 8.17. The zero-order valence-electron chi connectivity index (χ0n) is 29.4. The molecule has 0 heterocycles. The Morgan fingerprint density at radius 1 is 0.556 bits per heavy atom. The Morgan fingerprint density at radius 3 is 1.56 bits per heavy atom. The fourth-order valence-corrected chi connectivity index (χ4v) is 7.89. The third kappa shape index (κ3) is 10.1. The second-order valence-electron chi connectivity index (χ2n) is 11.7. The highest BCUT2D eigenvalue weighted by atomic mass is 127. The predicted molar refractivity (Wildman–Crippen MR) is 234 cm³/mol. The summed E-state index contributed by atoms with van der Waals surface area (Å²) >= 11 is 4.61. The van der Waals surface area contributed by atoms with Crippen LogP contribution in [0.15, 0.2) is 110 Å². The molecule has 0 amide bonds. The van der Waals surface area contributed by atoms with Gasteiger partial charge in [0.25, 0.3) is 0 Å². The molecule has 0 bridgehead atoms. The van der Waals surface area contributed by atoms with E-state index in [0.29, 0.717) is 36.9 Å². The minimum atomic E-state index is -0.511. The predicted octanol–water partition coefficient (Wildman–Crippen LogP) is 10.4. The Labute approximate surface area is 345 Å². The highest BCUT2D eigenvalue weighted by Crippen LogP contribution is 2.48. The molecule has 0 aliphatic heterocycles. The van der Waals surface area contributed by atoms with Crippen molar-refractivity contribution in [2.45, 2.75) is 12.3 Å². The minimum absolute atomic E-state index is 0.0633. The molecule has 0 spiro atoms. The highest BCUT2D eigenvalue weighted by molar-refractivity contribution is 14.1. The summed E-state index contributed by atoms with van der Waals surface area (Å²) in [4.78, 5) is 0. The molecule has 0 aromatic heterocycles. The normalized spacial score (nSPS) is 10.8. The van der Waals surface area contributed by atoms with E-state index in [0.717, 1.165) is 57.6 Å². The number of halogens is 2. The molecule has 0 radical (unpaired) electrons. The van der Waals surface area contributed by atoms with E-state index in [9.17, 15) is 0 Å². The van der Waals surface area contributed by atoms with E-state index in [-0.39, 0.29) is 19.8 Å². The molecule has 0 saturated carbocycles. The first kappa shape index (κ1) is 39.7. The van der Waals surface area contributed by atoms with Gasteiger partial charge in [0, 0.05) is 32.6 Å². The van der Waals surface area contributed by atoms with Crippen LogP contribution in [0.2, 0.25) is 0 Å². The number of ether oxygens (including phenoxy) is 5. The molecule has 268 valence electrons. The Morgan fingerprint density at radius 2 is 1.06 bits per heavy atom. The van der Waals surface area contributed by atoms with E-state index in [1.54, 1.807) is 6.08 Å². The molecule has 1 unspecified atom stereocenters. The van der Waals surface area contributed by atoms with Gasteiger partial charge in [-0.2, -0.15) is 0 Å². The van der Waals surface area contributed by atoms with Crippen LogP contribution in [0, 0.1) is 56.5 Å². The van der Waals surface area contributed by atoms with Crippen LogP contribution in [0.4, 0.5) is 0 Å². The molecular weight excluding hydrogens is 898 g/mol. The smallest absolute Gasteiger partial charge is 0.148 e. The van der Waals surface area contributed by atoms with Crippen molar-refractivity contribution in [2.24, 2.45) is 0 Å². The number of benzene rings is 5.